The molecule has 2 unspecified atom stereocenters. The van der Waals surface area contributed by atoms with Crippen LogP contribution in [0.5, 0.6) is 0 Å². The van der Waals surface area contributed by atoms with Gasteiger partial charge in [0.25, 0.3) is 5.91 Å². The summed E-state index contributed by atoms with van der Waals surface area (Å²) < 4.78 is 0. The molecule has 0 bridgehead atoms. The summed E-state index contributed by atoms with van der Waals surface area (Å²) in [6.45, 7) is 6.98. The molecule has 1 aliphatic rings. The third kappa shape index (κ3) is 3.46. The topological polar surface area (TPSA) is 40.5 Å². The van der Waals surface area contributed by atoms with Crippen molar-refractivity contribution in [3.05, 3.63) is 34.9 Å². The van der Waals surface area contributed by atoms with Gasteiger partial charge in [0.1, 0.15) is 6.61 Å². The van der Waals surface area contributed by atoms with Gasteiger partial charge < -0.3 is 10.0 Å². The molecule has 1 aromatic carbocycles. The Morgan fingerprint density at radius 3 is 2.86 bits per heavy atom. The van der Waals surface area contributed by atoms with Crippen molar-refractivity contribution in [2.75, 3.05) is 13.2 Å². The molecule has 1 amide bonds. The fourth-order valence-corrected chi connectivity index (χ4v) is 2.86. The van der Waals surface area contributed by atoms with Crippen molar-refractivity contribution < 1.29 is 9.90 Å². The molecule has 1 aromatic rings. The summed E-state index contributed by atoms with van der Waals surface area (Å²) in [5, 5.41) is 8.75. The lowest BCUT2D eigenvalue weighted by Crippen LogP contribution is -2.46. The van der Waals surface area contributed by atoms with Crippen LogP contribution < -0.4 is 0 Å². The van der Waals surface area contributed by atoms with Gasteiger partial charge >= 0.3 is 0 Å². The molecule has 0 radical (unpaired) electrons. The van der Waals surface area contributed by atoms with Crippen LogP contribution in [0.4, 0.5) is 0 Å². The zero-order valence-electron chi connectivity index (χ0n) is 13.0. The van der Waals surface area contributed by atoms with Crippen molar-refractivity contribution in [3.63, 3.8) is 0 Å². The summed E-state index contributed by atoms with van der Waals surface area (Å²) in [7, 11) is 0. The van der Waals surface area contributed by atoms with E-state index in [1.807, 2.05) is 30.0 Å². The number of hydrogen-bond donors (Lipinski definition) is 1. The highest BCUT2D eigenvalue weighted by atomic mass is 16.2. The molecule has 1 N–H and O–H groups in total. The number of nitrogens with zero attached hydrogens (tertiary/aromatic N) is 1. The number of amides is 1. The predicted molar refractivity (Wildman–Crippen MR) is 84.0 cm³/mol. The van der Waals surface area contributed by atoms with Crippen molar-refractivity contribution in [2.24, 2.45) is 5.92 Å². The number of aliphatic hydroxyl groups excluding tert-OH is 1. The summed E-state index contributed by atoms with van der Waals surface area (Å²) >= 11 is 0. The molecule has 2 rings (SSSR count). The Hall–Kier alpha value is -1.79. The Morgan fingerprint density at radius 1 is 1.43 bits per heavy atom. The second-order valence-corrected chi connectivity index (χ2v) is 5.85. The van der Waals surface area contributed by atoms with Gasteiger partial charge in [0.05, 0.1) is 0 Å². The fraction of sp³-hybridized carbons (Fsp3) is 0.500. The molecular weight excluding hydrogens is 262 g/mol. The molecule has 3 heteroatoms. The van der Waals surface area contributed by atoms with Gasteiger partial charge in [0, 0.05) is 23.7 Å². The quantitative estimate of drug-likeness (QED) is 0.806. The van der Waals surface area contributed by atoms with Crippen molar-refractivity contribution >= 4 is 5.91 Å². The molecule has 1 saturated heterocycles. The van der Waals surface area contributed by atoms with Crippen molar-refractivity contribution in [2.45, 2.75) is 39.7 Å². The third-order valence-electron chi connectivity index (χ3n) is 4.41. The monoisotopic (exact) mass is 285 g/mol. The Balaban J connectivity index is 2.21. The highest BCUT2D eigenvalue weighted by Gasteiger charge is 2.28. The highest BCUT2D eigenvalue weighted by Crippen LogP contribution is 2.25. The van der Waals surface area contributed by atoms with Crippen molar-refractivity contribution in [3.8, 4) is 11.8 Å². The summed E-state index contributed by atoms with van der Waals surface area (Å²) in [5.41, 5.74) is 2.56. The van der Waals surface area contributed by atoms with E-state index in [0.29, 0.717) is 12.0 Å². The maximum Gasteiger partial charge on any atom is 0.254 e. The molecule has 21 heavy (non-hydrogen) atoms. The number of rotatable bonds is 1. The Kier molecular flexibility index (Phi) is 5.03. The largest absolute Gasteiger partial charge is 0.384 e. The molecule has 0 spiro atoms. The van der Waals surface area contributed by atoms with Crippen LogP contribution in [0.3, 0.4) is 0 Å². The summed E-state index contributed by atoms with van der Waals surface area (Å²) in [5.74, 6) is 6.20. The molecule has 0 saturated carbocycles. The average Bonchev–Trinajstić information content (AvgIpc) is 2.48. The lowest BCUT2D eigenvalue weighted by atomic mass is 9.91. The minimum atomic E-state index is -0.150. The van der Waals surface area contributed by atoms with Crippen LogP contribution in [0.2, 0.25) is 0 Å². The van der Waals surface area contributed by atoms with Crippen LogP contribution in [0.25, 0.3) is 0 Å². The van der Waals surface area contributed by atoms with E-state index < -0.39 is 0 Å². The van der Waals surface area contributed by atoms with Crippen molar-refractivity contribution in [1.82, 2.24) is 4.90 Å². The lowest BCUT2D eigenvalue weighted by Gasteiger charge is -2.38. The number of piperidine rings is 1. The molecule has 3 nitrogen and oxygen atoms in total. The maximum absolute atomic E-state index is 12.7. The lowest BCUT2D eigenvalue weighted by molar-refractivity contribution is 0.0551. The predicted octanol–water partition coefficient (Wildman–Crippen LogP) is 2.60. The third-order valence-corrected chi connectivity index (χ3v) is 4.41. The second-order valence-electron chi connectivity index (χ2n) is 5.85. The van der Waals surface area contributed by atoms with Crippen LogP contribution in [0, 0.1) is 24.7 Å². The Labute approximate surface area is 127 Å². The first kappa shape index (κ1) is 15.6. The number of benzene rings is 1. The van der Waals surface area contributed by atoms with Crippen LogP contribution in [-0.4, -0.2) is 35.1 Å². The summed E-state index contributed by atoms with van der Waals surface area (Å²) in [6.07, 6.45) is 2.27. The SMILES string of the molecule is Cc1cc(C(=O)N2CCCC(C)C2C)ccc1C#CCO. The molecule has 112 valence electrons. The molecule has 0 aromatic heterocycles. The van der Waals surface area contributed by atoms with Gasteiger partial charge in [0.2, 0.25) is 0 Å². The van der Waals surface area contributed by atoms with Crippen LogP contribution in [0.15, 0.2) is 18.2 Å². The van der Waals surface area contributed by atoms with E-state index >= 15 is 0 Å². The van der Waals surface area contributed by atoms with Gasteiger partial charge in [-0.15, -0.1) is 0 Å². The summed E-state index contributed by atoms with van der Waals surface area (Å²) in [4.78, 5) is 14.7. The number of aryl methyl sites for hydroxylation is 1. The first-order valence-electron chi connectivity index (χ1n) is 7.56. The van der Waals surface area contributed by atoms with Crippen LogP contribution >= 0.6 is 0 Å². The highest BCUT2D eigenvalue weighted by molar-refractivity contribution is 5.94. The smallest absolute Gasteiger partial charge is 0.254 e. The van der Waals surface area contributed by atoms with Gasteiger partial charge in [-0.2, -0.15) is 0 Å². The van der Waals surface area contributed by atoms with Gasteiger partial charge in [0.15, 0.2) is 0 Å². The first-order chi connectivity index (χ1) is 10.0. The van der Waals surface area contributed by atoms with Gasteiger partial charge in [-0.1, -0.05) is 18.8 Å². The van der Waals surface area contributed by atoms with E-state index in [2.05, 4.69) is 25.7 Å². The average molecular weight is 285 g/mol. The number of likely N-dealkylation sites (tertiary alicyclic amines) is 1. The van der Waals surface area contributed by atoms with E-state index in [1.54, 1.807) is 0 Å². The number of hydrogen-bond acceptors (Lipinski definition) is 2. The molecule has 2 atom stereocenters. The van der Waals surface area contributed by atoms with Crippen LogP contribution in [-0.2, 0) is 0 Å². The minimum Gasteiger partial charge on any atom is -0.384 e. The van der Waals surface area contributed by atoms with E-state index in [-0.39, 0.29) is 12.5 Å². The number of carbonyl (C=O) groups excluding carboxylic acids is 1. The first-order valence-corrected chi connectivity index (χ1v) is 7.56. The van der Waals surface area contributed by atoms with Gasteiger partial charge in [-0.05, 0) is 56.4 Å². The second kappa shape index (κ2) is 6.78. The Morgan fingerprint density at radius 2 is 2.19 bits per heavy atom. The van der Waals surface area contributed by atoms with E-state index in [4.69, 9.17) is 5.11 Å². The van der Waals surface area contributed by atoms with E-state index in [0.717, 1.165) is 29.7 Å². The van der Waals surface area contributed by atoms with Crippen LogP contribution in [0.1, 0.15) is 48.2 Å². The molecular formula is C18H23NO2. The number of carbonyl (C=O) groups is 1. The standard InChI is InChI=1S/C18H23NO2/c1-13-6-4-10-19(15(13)3)18(21)17-9-8-16(7-5-11-20)14(2)12-17/h8-9,12-13,15,20H,4,6,10-11H2,1-3H3. The Bertz CT molecular complexity index is 583. The molecule has 1 aliphatic heterocycles. The molecule has 1 heterocycles. The van der Waals surface area contributed by atoms with E-state index in [1.165, 1.54) is 6.42 Å². The maximum atomic E-state index is 12.7. The number of aliphatic hydroxyl groups is 1. The fourth-order valence-electron chi connectivity index (χ4n) is 2.86. The molecule has 0 aliphatic carbocycles. The minimum absolute atomic E-state index is 0.110. The van der Waals surface area contributed by atoms with Crippen molar-refractivity contribution in [1.29, 1.82) is 0 Å². The summed E-state index contributed by atoms with van der Waals surface area (Å²) in [6, 6.07) is 5.89. The zero-order chi connectivity index (χ0) is 15.4. The van der Waals surface area contributed by atoms with E-state index in [9.17, 15) is 4.79 Å². The zero-order valence-corrected chi connectivity index (χ0v) is 13.0. The van der Waals surface area contributed by atoms with Gasteiger partial charge in [-0.25, -0.2) is 0 Å². The normalized spacial score (nSPS) is 21.6. The van der Waals surface area contributed by atoms with Gasteiger partial charge in [-0.3, -0.25) is 4.79 Å². The molecule has 1 fully saturated rings.